The molecule has 2 rings (SSSR count). The third-order valence-corrected chi connectivity index (χ3v) is 3.96. The molecule has 0 aromatic heterocycles. The predicted molar refractivity (Wildman–Crippen MR) is 68.3 cm³/mol. The highest BCUT2D eigenvalue weighted by Gasteiger charge is 2.30. The molecule has 0 amide bonds. The summed E-state index contributed by atoms with van der Waals surface area (Å²) in [4.78, 5) is 2.14. The monoisotopic (exact) mass is 255 g/mol. The number of benzene rings is 1. The van der Waals surface area contributed by atoms with E-state index in [2.05, 4.69) is 4.90 Å². The highest BCUT2D eigenvalue weighted by atomic mass is 32.2. The number of hydrogen-bond donors (Lipinski definition) is 2. The van der Waals surface area contributed by atoms with Gasteiger partial charge >= 0.3 is 0 Å². The summed E-state index contributed by atoms with van der Waals surface area (Å²) in [7, 11) is -3.75. The molecule has 6 heteroatoms. The zero-order valence-electron chi connectivity index (χ0n) is 9.76. The van der Waals surface area contributed by atoms with Crippen molar-refractivity contribution >= 4 is 21.4 Å². The van der Waals surface area contributed by atoms with E-state index in [0.717, 1.165) is 25.1 Å². The van der Waals surface area contributed by atoms with Crippen LogP contribution in [0.25, 0.3) is 0 Å². The van der Waals surface area contributed by atoms with Gasteiger partial charge in [-0.15, -0.1) is 0 Å². The molecule has 1 aromatic rings. The van der Waals surface area contributed by atoms with Gasteiger partial charge in [0.1, 0.15) is 4.90 Å². The molecule has 0 radical (unpaired) electrons. The van der Waals surface area contributed by atoms with E-state index in [1.165, 1.54) is 6.07 Å². The Bertz CT molecular complexity index is 524. The average molecular weight is 255 g/mol. The summed E-state index contributed by atoms with van der Waals surface area (Å²) >= 11 is 0. The molecule has 5 nitrogen and oxygen atoms in total. The van der Waals surface area contributed by atoms with Crippen molar-refractivity contribution in [3.8, 4) is 0 Å². The first-order valence-electron chi connectivity index (χ1n) is 5.63. The summed E-state index contributed by atoms with van der Waals surface area (Å²) in [6.45, 7) is 2.84. The van der Waals surface area contributed by atoms with Gasteiger partial charge in [0.25, 0.3) is 0 Å². The van der Waals surface area contributed by atoms with Crippen molar-refractivity contribution in [1.29, 1.82) is 0 Å². The Morgan fingerprint density at radius 1 is 1.41 bits per heavy atom. The summed E-state index contributed by atoms with van der Waals surface area (Å²) < 4.78 is 22.8. The van der Waals surface area contributed by atoms with Crippen molar-refractivity contribution < 1.29 is 8.42 Å². The second kappa shape index (κ2) is 4.19. The Hall–Kier alpha value is -1.27. The molecule has 1 fully saturated rings. The second-order valence-corrected chi connectivity index (χ2v) is 5.78. The molecule has 1 saturated carbocycles. The normalized spacial score (nSPS) is 15.9. The van der Waals surface area contributed by atoms with Crippen LogP contribution in [0.1, 0.15) is 19.8 Å². The van der Waals surface area contributed by atoms with E-state index < -0.39 is 10.0 Å². The van der Waals surface area contributed by atoms with Crippen molar-refractivity contribution in [3.63, 3.8) is 0 Å². The Labute approximate surface area is 101 Å². The molecule has 0 unspecified atom stereocenters. The maximum Gasteiger partial charge on any atom is 0.240 e. The standard InChI is InChI=1S/C11H17N3O2S/c1-2-14(8-6-7-8)9-4-3-5-10(11(9)12)17(13,15)16/h3-5,8H,2,6-7,12H2,1H3,(H2,13,15,16). The fraction of sp³-hybridized carbons (Fsp3) is 0.455. The number of nitrogens with zero attached hydrogens (tertiary/aromatic N) is 1. The topological polar surface area (TPSA) is 89.4 Å². The first-order chi connectivity index (χ1) is 7.95. The molecule has 17 heavy (non-hydrogen) atoms. The van der Waals surface area contributed by atoms with Crippen LogP contribution in [0, 0.1) is 0 Å². The number of anilines is 2. The molecular formula is C11H17N3O2S. The third-order valence-electron chi connectivity index (χ3n) is 2.99. The lowest BCUT2D eigenvalue weighted by molar-refractivity contribution is 0.598. The second-order valence-electron chi connectivity index (χ2n) is 4.25. The lowest BCUT2D eigenvalue weighted by Gasteiger charge is -2.25. The number of rotatable bonds is 4. The third kappa shape index (κ3) is 2.37. The molecule has 0 spiro atoms. The molecule has 0 atom stereocenters. The molecule has 1 aliphatic carbocycles. The van der Waals surface area contributed by atoms with Crippen LogP contribution in [0.15, 0.2) is 23.1 Å². The van der Waals surface area contributed by atoms with Gasteiger partial charge in [0.15, 0.2) is 0 Å². The highest BCUT2D eigenvalue weighted by Crippen LogP contribution is 2.36. The van der Waals surface area contributed by atoms with Gasteiger partial charge < -0.3 is 10.6 Å². The van der Waals surface area contributed by atoms with Crippen molar-refractivity contribution in [2.45, 2.75) is 30.7 Å². The Balaban J connectivity index is 2.48. The average Bonchev–Trinajstić information content (AvgIpc) is 3.04. The van der Waals surface area contributed by atoms with Crippen molar-refractivity contribution in [3.05, 3.63) is 18.2 Å². The van der Waals surface area contributed by atoms with E-state index in [1.807, 2.05) is 13.0 Å². The maximum absolute atomic E-state index is 11.4. The summed E-state index contributed by atoms with van der Waals surface area (Å²) in [5, 5.41) is 5.13. The Kier molecular flexibility index (Phi) is 3.01. The smallest absolute Gasteiger partial charge is 0.240 e. The first kappa shape index (κ1) is 12.2. The number of hydrogen-bond acceptors (Lipinski definition) is 4. The van der Waals surface area contributed by atoms with Crippen LogP contribution < -0.4 is 15.8 Å². The minimum Gasteiger partial charge on any atom is -0.396 e. The lowest BCUT2D eigenvalue weighted by atomic mass is 10.2. The van der Waals surface area contributed by atoms with Gasteiger partial charge in [0, 0.05) is 12.6 Å². The molecule has 94 valence electrons. The van der Waals surface area contributed by atoms with E-state index in [9.17, 15) is 8.42 Å². The van der Waals surface area contributed by atoms with Gasteiger partial charge in [-0.25, -0.2) is 13.6 Å². The van der Waals surface area contributed by atoms with Crippen molar-refractivity contribution in [1.82, 2.24) is 0 Å². The predicted octanol–water partition coefficient (Wildman–Crippen LogP) is 0.905. The van der Waals surface area contributed by atoms with E-state index in [1.54, 1.807) is 6.07 Å². The zero-order valence-corrected chi connectivity index (χ0v) is 10.6. The quantitative estimate of drug-likeness (QED) is 0.782. The Morgan fingerprint density at radius 3 is 2.53 bits per heavy atom. The van der Waals surface area contributed by atoms with Crippen LogP contribution in [0.3, 0.4) is 0 Å². The van der Waals surface area contributed by atoms with Gasteiger partial charge in [-0.05, 0) is 31.9 Å². The molecule has 1 aliphatic rings. The number of sulfonamides is 1. The molecular weight excluding hydrogens is 238 g/mol. The SMILES string of the molecule is CCN(c1cccc(S(N)(=O)=O)c1N)C1CC1. The van der Waals surface area contributed by atoms with Crippen molar-refractivity contribution in [2.75, 3.05) is 17.2 Å². The van der Waals surface area contributed by atoms with Crippen LogP contribution in [0.2, 0.25) is 0 Å². The van der Waals surface area contributed by atoms with Gasteiger partial charge in [0.2, 0.25) is 10.0 Å². The number of para-hydroxylation sites is 1. The van der Waals surface area contributed by atoms with Crippen LogP contribution >= 0.6 is 0 Å². The van der Waals surface area contributed by atoms with Gasteiger partial charge in [0.05, 0.1) is 11.4 Å². The van der Waals surface area contributed by atoms with Gasteiger partial charge in [-0.3, -0.25) is 0 Å². The molecule has 1 aromatic carbocycles. The number of nitrogens with two attached hydrogens (primary N) is 2. The van der Waals surface area contributed by atoms with Crippen LogP contribution in [0.5, 0.6) is 0 Å². The van der Waals surface area contributed by atoms with E-state index >= 15 is 0 Å². The fourth-order valence-electron chi connectivity index (χ4n) is 2.04. The largest absolute Gasteiger partial charge is 0.396 e. The summed E-state index contributed by atoms with van der Waals surface area (Å²) in [5.41, 5.74) is 6.93. The van der Waals surface area contributed by atoms with Crippen LogP contribution in [-0.4, -0.2) is 21.0 Å². The number of nitrogen functional groups attached to an aromatic ring is 1. The van der Waals surface area contributed by atoms with Crippen LogP contribution in [0.4, 0.5) is 11.4 Å². The van der Waals surface area contributed by atoms with E-state index in [0.29, 0.717) is 6.04 Å². The van der Waals surface area contributed by atoms with Gasteiger partial charge in [-0.2, -0.15) is 0 Å². The number of primary sulfonamides is 1. The van der Waals surface area contributed by atoms with E-state index in [-0.39, 0.29) is 10.6 Å². The Morgan fingerprint density at radius 2 is 2.06 bits per heavy atom. The summed E-state index contributed by atoms with van der Waals surface area (Å²) in [6.07, 6.45) is 2.26. The summed E-state index contributed by atoms with van der Waals surface area (Å²) in [5.74, 6) is 0. The minimum atomic E-state index is -3.75. The van der Waals surface area contributed by atoms with Crippen LogP contribution in [-0.2, 0) is 10.0 Å². The lowest BCUT2D eigenvalue weighted by Crippen LogP contribution is -2.27. The van der Waals surface area contributed by atoms with Crippen molar-refractivity contribution in [2.24, 2.45) is 5.14 Å². The molecule has 0 bridgehead atoms. The highest BCUT2D eigenvalue weighted by molar-refractivity contribution is 7.89. The zero-order chi connectivity index (χ0) is 12.6. The molecule has 0 heterocycles. The molecule has 0 saturated heterocycles. The maximum atomic E-state index is 11.4. The van der Waals surface area contributed by atoms with E-state index in [4.69, 9.17) is 10.9 Å². The summed E-state index contributed by atoms with van der Waals surface area (Å²) in [6, 6.07) is 5.44. The minimum absolute atomic E-state index is 0.00843. The fourth-order valence-corrected chi connectivity index (χ4v) is 2.72. The first-order valence-corrected chi connectivity index (χ1v) is 7.17. The van der Waals surface area contributed by atoms with Gasteiger partial charge in [-0.1, -0.05) is 6.07 Å². The molecule has 4 N–H and O–H groups in total. The molecule has 0 aliphatic heterocycles.